The molecule has 164 valence electrons. The molecule has 0 spiro atoms. The van der Waals surface area contributed by atoms with Gasteiger partial charge >= 0.3 is 0 Å². The summed E-state index contributed by atoms with van der Waals surface area (Å²) in [5.74, 6) is 0.471. The fourth-order valence-corrected chi connectivity index (χ4v) is 4.74. The molecule has 7 heteroatoms. The minimum absolute atomic E-state index is 0.268. The van der Waals surface area contributed by atoms with Crippen molar-refractivity contribution in [1.82, 2.24) is 24.8 Å². The Morgan fingerprint density at radius 3 is 2.40 bits per heavy atom. The molecule has 0 amide bonds. The van der Waals surface area contributed by atoms with E-state index in [4.69, 9.17) is 4.74 Å². The van der Waals surface area contributed by atoms with Crippen molar-refractivity contribution in [3.05, 3.63) is 36.4 Å². The van der Waals surface area contributed by atoms with Crippen LogP contribution in [0.5, 0.6) is 5.75 Å². The monoisotopic (exact) mass is 415 g/mol. The van der Waals surface area contributed by atoms with Crippen molar-refractivity contribution >= 4 is 0 Å². The molecule has 6 nitrogen and oxygen atoms in total. The summed E-state index contributed by atoms with van der Waals surface area (Å²) in [6.45, 7) is 12.2. The van der Waals surface area contributed by atoms with E-state index in [2.05, 4.69) is 40.9 Å². The molecule has 2 aliphatic rings. The van der Waals surface area contributed by atoms with E-state index in [0.29, 0.717) is 30.0 Å². The number of piperazine rings is 1. The highest BCUT2D eigenvalue weighted by atomic mass is 19.1. The van der Waals surface area contributed by atoms with Gasteiger partial charge in [0.15, 0.2) is 11.6 Å². The molecule has 1 saturated heterocycles. The predicted octanol–water partition coefficient (Wildman–Crippen LogP) is 3.76. The molecular weight excluding hydrogens is 381 g/mol. The van der Waals surface area contributed by atoms with E-state index in [0.717, 1.165) is 25.9 Å². The Labute approximate surface area is 179 Å². The standard InChI is InChI=1S/C23H34FN5O/c1-23(2,3)28-14-12-27(13-15-28)19-6-4-18(5-7-19)17-30-22-9-8-20(16-21(22)24)29-11-10-25-26-29/h8-11,16,18-19H,4-7,12-15,17H2,1-3H3. The Bertz CT molecular complexity index is 803. The van der Waals surface area contributed by atoms with E-state index in [9.17, 15) is 4.39 Å². The second-order valence-corrected chi connectivity index (χ2v) is 9.64. The van der Waals surface area contributed by atoms with E-state index >= 15 is 0 Å². The van der Waals surface area contributed by atoms with Gasteiger partial charge in [0.25, 0.3) is 0 Å². The van der Waals surface area contributed by atoms with Crippen LogP contribution in [0.25, 0.3) is 5.69 Å². The lowest BCUT2D eigenvalue weighted by molar-refractivity contribution is 0.0263. The van der Waals surface area contributed by atoms with Crippen molar-refractivity contribution in [3.8, 4) is 11.4 Å². The first-order valence-electron chi connectivity index (χ1n) is 11.2. The molecule has 2 heterocycles. The number of aromatic nitrogens is 3. The van der Waals surface area contributed by atoms with Crippen molar-refractivity contribution in [2.24, 2.45) is 5.92 Å². The van der Waals surface area contributed by atoms with E-state index in [1.165, 1.54) is 36.7 Å². The van der Waals surface area contributed by atoms with Crippen molar-refractivity contribution in [2.75, 3.05) is 32.8 Å². The number of halogens is 1. The maximum absolute atomic E-state index is 14.4. The lowest BCUT2D eigenvalue weighted by atomic mass is 9.85. The Morgan fingerprint density at radius 1 is 1.07 bits per heavy atom. The van der Waals surface area contributed by atoms with Gasteiger partial charge in [0, 0.05) is 43.8 Å². The van der Waals surface area contributed by atoms with Crippen LogP contribution in [-0.4, -0.2) is 69.2 Å². The quantitative estimate of drug-likeness (QED) is 0.744. The number of ether oxygens (including phenoxy) is 1. The number of rotatable bonds is 5. The Balaban J connectivity index is 1.22. The van der Waals surface area contributed by atoms with Gasteiger partial charge in [0.05, 0.1) is 24.7 Å². The molecule has 4 rings (SSSR count). The van der Waals surface area contributed by atoms with E-state index in [1.807, 2.05) is 0 Å². The van der Waals surface area contributed by atoms with Gasteiger partial charge in [0.1, 0.15) is 0 Å². The number of benzene rings is 1. The first-order valence-corrected chi connectivity index (χ1v) is 11.2. The molecule has 1 aromatic carbocycles. The molecule has 0 radical (unpaired) electrons. The van der Waals surface area contributed by atoms with Gasteiger partial charge < -0.3 is 4.74 Å². The summed E-state index contributed by atoms with van der Waals surface area (Å²) >= 11 is 0. The number of hydrogen-bond donors (Lipinski definition) is 0. The third-order valence-electron chi connectivity index (χ3n) is 6.67. The van der Waals surface area contributed by atoms with Crippen LogP contribution in [-0.2, 0) is 0 Å². The zero-order valence-electron chi connectivity index (χ0n) is 18.4. The molecule has 1 aromatic heterocycles. The van der Waals surface area contributed by atoms with Crippen LogP contribution in [0, 0.1) is 11.7 Å². The van der Waals surface area contributed by atoms with Crippen molar-refractivity contribution in [1.29, 1.82) is 0 Å². The summed E-state index contributed by atoms with van der Waals surface area (Å²) in [7, 11) is 0. The van der Waals surface area contributed by atoms with Crippen LogP contribution in [0.2, 0.25) is 0 Å². The van der Waals surface area contributed by atoms with Crippen molar-refractivity contribution in [3.63, 3.8) is 0 Å². The summed E-state index contributed by atoms with van der Waals surface area (Å²) < 4.78 is 21.8. The second kappa shape index (κ2) is 9.02. The molecular formula is C23H34FN5O. The predicted molar refractivity (Wildman–Crippen MR) is 115 cm³/mol. The molecule has 2 fully saturated rings. The minimum atomic E-state index is -0.353. The van der Waals surface area contributed by atoms with Gasteiger partial charge in [0.2, 0.25) is 0 Å². The van der Waals surface area contributed by atoms with Gasteiger partial charge in [-0.3, -0.25) is 9.80 Å². The van der Waals surface area contributed by atoms with Gasteiger partial charge in [-0.05, 0) is 64.5 Å². The van der Waals surface area contributed by atoms with Gasteiger partial charge in [-0.25, -0.2) is 9.07 Å². The Morgan fingerprint density at radius 2 is 1.80 bits per heavy atom. The summed E-state index contributed by atoms with van der Waals surface area (Å²) in [5.41, 5.74) is 0.911. The fraction of sp³-hybridized carbons (Fsp3) is 0.652. The maximum atomic E-state index is 14.4. The smallest absolute Gasteiger partial charge is 0.167 e. The average molecular weight is 416 g/mol. The Hall–Kier alpha value is -1.99. The molecule has 0 unspecified atom stereocenters. The fourth-order valence-electron chi connectivity index (χ4n) is 4.74. The summed E-state index contributed by atoms with van der Waals surface area (Å²) in [6.07, 6.45) is 8.01. The normalized spacial score (nSPS) is 24.1. The van der Waals surface area contributed by atoms with Gasteiger partial charge in [-0.1, -0.05) is 5.21 Å². The summed E-state index contributed by atoms with van der Waals surface area (Å²) in [4.78, 5) is 5.27. The number of nitrogens with zero attached hydrogens (tertiary/aromatic N) is 5. The zero-order chi connectivity index (χ0) is 21.1. The molecule has 0 atom stereocenters. The number of hydrogen-bond acceptors (Lipinski definition) is 5. The van der Waals surface area contributed by atoms with E-state index in [1.54, 1.807) is 24.5 Å². The van der Waals surface area contributed by atoms with Crippen LogP contribution < -0.4 is 4.74 Å². The summed E-state index contributed by atoms with van der Waals surface area (Å²) in [6, 6.07) is 5.63. The SMILES string of the molecule is CC(C)(C)N1CCN(C2CCC(COc3ccc(-n4ccnn4)cc3F)CC2)CC1. The molecule has 30 heavy (non-hydrogen) atoms. The van der Waals surface area contributed by atoms with Crippen LogP contribution in [0.3, 0.4) is 0 Å². The van der Waals surface area contributed by atoms with E-state index < -0.39 is 0 Å². The average Bonchev–Trinajstić information content (AvgIpc) is 3.28. The van der Waals surface area contributed by atoms with Crippen molar-refractivity contribution < 1.29 is 9.13 Å². The minimum Gasteiger partial charge on any atom is -0.490 e. The topological polar surface area (TPSA) is 46.4 Å². The lowest BCUT2D eigenvalue weighted by Crippen LogP contribution is -2.56. The molecule has 1 aliphatic heterocycles. The van der Waals surface area contributed by atoms with Crippen molar-refractivity contribution in [2.45, 2.75) is 58.0 Å². The molecule has 2 aromatic rings. The van der Waals surface area contributed by atoms with Crippen LogP contribution in [0.1, 0.15) is 46.5 Å². The molecule has 0 bridgehead atoms. The lowest BCUT2D eigenvalue weighted by Gasteiger charge is -2.46. The van der Waals surface area contributed by atoms with Gasteiger partial charge in [-0.15, -0.1) is 5.10 Å². The molecule has 1 saturated carbocycles. The maximum Gasteiger partial charge on any atom is 0.167 e. The summed E-state index contributed by atoms with van der Waals surface area (Å²) in [5, 5.41) is 7.65. The third kappa shape index (κ3) is 5.01. The van der Waals surface area contributed by atoms with E-state index in [-0.39, 0.29) is 11.4 Å². The molecule has 0 N–H and O–H groups in total. The van der Waals surface area contributed by atoms with Crippen LogP contribution in [0.15, 0.2) is 30.6 Å². The largest absolute Gasteiger partial charge is 0.490 e. The third-order valence-corrected chi connectivity index (χ3v) is 6.67. The molecule has 1 aliphatic carbocycles. The first kappa shape index (κ1) is 21.2. The van der Waals surface area contributed by atoms with Gasteiger partial charge in [-0.2, -0.15) is 0 Å². The zero-order valence-corrected chi connectivity index (χ0v) is 18.4. The highest BCUT2D eigenvalue weighted by Gasteiger charge is 2.31. The second-order valence-electron chi connectivity index (χ2n) is 9.64. The van der Waals surface area contributed by atoms with Crippen LogP contribution >= 0.6 is 0 Å². The van der Waals surface area contributed by atoms with Crippen LogP contribution in [0.4, 0.5) is 4.39 Å². The highest BCUT2D eigenvalue weighted by molar-refractivity contribution is 5.37. The highest BCUT2D eigenvalue weighted by Crippen LogP contribution is 2.30. The first-order chi connectivity index (χ1) is 14.4. The Kier molecular flexibility index (Phi) is 6.39.